The van der Waals surface area contributed by atoms with Crippen LogP contribution in [0.25, 0.3) is 0 Å². The van der Waals surface area contributed by atoms with Gasteiger partial charge in [-0.2, -0.15) is 0 Å². The molecule has 1 rings (SSSR count). The molecule has 1 aromatic rings. The molecule has 1 aromatic carbocycles. The van der Waals surface area contributed by atoms with Gasteiger partial charge in [0.05, 0.1) is 10.2 Å². The van der Waals surface area contributed by atoms with Gasteiger partial charge in [-0.05, 0) is 49.7 Å². The van der Waals surface area contributed by atoms with Gasteiger partial charge in [0.15, 0.2) is 0 Å². The van der Waals surface area contributed by atoms with Gasteiger partial charge in [0.1, 0.15) is 18.2 Å². The van der Waals surface area contributed by atoms with E-state index in [1.807, 2.05) is 0 Å². The van der Waals surface area contributed by atoms with Crippen molar-refractivity contribution in [1.29, 1.82) is 0 Å². The molecule has 0 aliphatic carbocycles. The summed E-state index contributed by atoms with van der Waals surface area (Å²) in [4.78, 5) is 2.33. The highest BCUT2D eigenvalue weighted by Gasteiger charge is 2.13. The van der Waals surface area contributed by atoms with E-state index in [1.54, 1.807) is 6.07 Å². The first-order chi connectivity index (χ1) is 8.82. The quantitative estimate of drug-likeness (QED) is 0.808. The monoisotopic (exact) mass is 332 g/mol. The van der Waals surface area contributed by atoms with Crippen LogP contribution in [0.2, 0.25) is 0 Å². The number of nitrogen functional groups attached to an aromatic ring is 1. The third-order valence-electron chi connectivity index (χ3n) is 2.99. The summed E-state index contributed by atoms with van der Waals surface area (Å²) in [6.45, 7) is 9.96. The molecule has 0 saturated carbocycles. The number of ether oxygens (including phenoxy) is 1. The van der Waals surface area contributed by atoms with Gasteiger partial charge in [-0.25, -0.2) is 4.39 Å². The predicted molar refractivity (Wildman–Crippen MR) is 81.0 cm³/mol. The maximum absolute atomic E-state index is 13.2. The van der Waals surface area contributed by atoms with Crippen LogP contribution in [0.3, 0.4) is 0 Å². The van der Waals surface area contributed by atoms with Gasteiger partial charge in [0, 0.05) is 24.7 Å². The number of benzene rings is 1. The van der Waals surface area contributed by atoms with Gasteiger partial charge in [0.25, 0.3) is 0 Å². The Balaban J connectivity index is 2.60. The van der Waals surface area contributed by atoms with Crippen molar-refractivity contribution in [2.45, 2.75) is 39.8 Å². The fourth-order valence-corrected chi connectivity index (χ4v) is 2.37. The SMILES string of the molecule is CC(C)N(CCOc1cc(Br)c(F)cc1N)C(C)C. The highest BCUT2D eigenvalue weighted by atomic mass is 79.9. The van der Waals surface area contributed by atoms with Gasteiger partial charge in [-0.3, -0.25) is 4.90 Å². The van der Waals surface area contributed by atoms with Crippen LogP contribution in [-0.2, 0) is 0 Å². The van der Waals surface area contributed by atoms with Crippen molar-refractivity contribution in [3.05, 3.63) is 22.4 Å². The molecule has 0 bridgehead atoms. The molecule has 0 radical (unpaired) electrons. The van der Waals surface area contributed by atoms with E-state index in [-0.39, 0.29) is 5.82 Å². The summed E-state index contributed by atoms with van der Waals surface area (Å²) >= 11 is 3.13. The van der Waals surface area contributed by atoms with Gasteiger partial charge in [-0.1, -0.05) is 0 Å². The molecule has 0 aliphatic heterocycles. The zero-order valence-electron chi connectivity index (χ0n) is 11.9. The molecule has 19 heavy (non-hydrogen) atoms. The van der Waals surface area contributed by atoms with Crippen molar-refractivity contribution in [1.82, 2.24) is 4.90 Å². The van der Waals surface area contributed by atoms with E-state index in [9.17, 15) is 4.39 Å². The van der Waals surface area contributed by atoms with Crippen LogP contribution < -0.4 is 10.5 Å². The highest BCUT2D eigenvalue weighted by Crippen LogP contribution is 2.28. The number of nitrogens with two attached hydrogens (primary N) is 1. The molecule has 5 heteroatoms. The second-order valence-electron chi connectivity index (χ2n) is 5.08. The standard InChI is InChI=1S/C14H22BrFN2O/c1-9(2)18(10(3)4)5-6-19-14-7-11(15)12(16)8-13(14)17/h7-10H,5-6,17H2,1-4H3. The van der Waals surface area contributed by atoms with E-state index >= 15 is 0 Å². The molecule has 0 saturated heterocycles. The first kappa shape index (κ1) is 16.2. The van der Waals surface area contributed by atoms with E-state index in [1.165, 1.54) is 6.07 Å². The molecule has 0 aromatic heterocycles. The number of hydrogen-bond donors (Lipinski definition) is 1. The number of hydrogen-bond acceptors (Lipinski definition) is 3. The Bertz CT molecular complexity index is 416. The summed E-state index contributed by atoms with van der Waals surface area (Å²) in [6.07, 6.45) is 0. The maximum atomic E-state index is 13.2. The summed E-state index contributed by atoms with van der Waals surface area (Å²) in [6, 6.07) is 3.75. The smallest absolute Gasteiger partial charge is 0.143 e. The van der Waals surface area contributed by atoms with Crippen LogP contribution in [0.1, 0.15) is 27.7 Å². The molecule has 3 nitrogen and oxygen atoms in total. The van der Waals surface area contributed by atoms with Crippen LogP contribution in [0.5, 0.6) is 5.75 Å². The topological polar surface area (TPSA) is 38.5 Å². The third kappa shape index (κ3) is 4.66. The summed E-state index contributed by atoms with van der Waals surface area (Å²) in [5.74, 6) is 0.136. The van der Waals surface area contributed by atoms with Crippen LogP contribution >= 0.6 is 15.9 Å². The van der Waals surface area contributed by atoms with Crippen LogP contribution in [0, 0.1) is 5.82 Å². The molecule has 0 amide bonds. The van der Waals surface area contributed by atoms with Gasteiger partial charge < -0.3 is 10.5 Å². The van der Waals surface area contributed by atoms with E-state index in [4.69, 9.17) is 10.5 Å². The van der Waals surface area contributed by atoms with E-state index in [2.05, 4.69) is 48.5 Å². The average Bonchev–Trinajstić information content (AvgIpc) is 2.29. The van der Waals surface area contributed by atoms with Gasteiger partial charge in [-0.15, -0.1) is 0 Å². The lowest BCUT2D eigenvalue weighted by atomic mass is 10.2. The molecule has 108 valence electrons. The van der Waals surface area contributed by atoms with E-state index < -0.39 is 0 Å². The molecule has 0 spiro atoms. The molecule has 0 fully saturated rings. The molecular weight excluding hydrogens is 311 g/mol. The van der Waals surface area contributed by atoms with E-state index in [0.29, 0.717) is 34.6 Å². The summed E-state index contributed by atoms with van der Waals surface area (Å²) < 4.78 is 19.2. The molecule has 0 atom stereocenters. The van der Waals surface area contributed by atoms with Gasteiger partial charge in [0.2, 0.25) is 0 Å². The largest absolute Gasteiger partial charge is 0.490 e. The summed E-state index contributed by atoms with van der Waals surface area (Å²) in [7, 11) is 0. The third-order valence-corrected chi connectivity index (χ3v) is 3.59. The number of nitrogens with zero attached hydrogens (tertiary/aromatic N) is 1. The Labute approximate surface area is 123 Å². The van der Waals surface area contributed by atoms with Crippen molar-refractivity contribution in [2.75, 3.05) is 18.9 Å². The number of rotatable bonds is 6. The van der Waals surface area contributed by atoms with Crippen molar-refractivity contribution in [2.24, 2.45) is 0 Å². The van der Waals surface area contributed by atoms with Gasteiger partial charge >= 0.3 is 0 Å². The second kappa shape index (κ2) is 7.10. The zero-order valence-corrected chi connectivity index (χ0v) is 13.5. The fourth-order valence-electron chi connectivity index (χ4n) is 2.04. The second-order valence-corrected chi connectivity index (χ2v) is 5.93. The van der Waals surface area contributed by atoms with Crippen molar-refractivity contribution < 1.29 is 9.13 Å². The first-order valence-corrected chi connectivity index (χ1v) is 7.25. The Morgan fingerprint density at radius 2 is 1.84 bits per heavy atom. The lowest BCUT2D eigenvalue weighted by Gasteiger charge is -2.30. The Hall–Kier alpha value is -0.810. The lowest BCUT2D eigenvalue weighted by Crippen LogP contribution is -2.39. The Kier molecular flexibility index (Phi) is 6.07. The number of anilines is 1. The lowest BCUT2D eigenvalue weighted by molar-refractivity contribution is 0.142. The minimum Gasteiger partial charge on any atom is -0.490 e. The molecule has 0 aliphatic rings. The fraction of sp³-hybridized carbons (Fsp3) is 0.571. The van der Waals surface area contributed by atoms with Crippen molar-refractivity contribution >= 4 is 21.6 Å². The molecule has 0 unspecified atom stereocenters. The normalized spacial score (nSPS) is 11.6. The maximum Gasteiger partial charge on any atom is 0.143 e. The van der Waals surface area contributed by atoms with Crippen molar-refractivity contribution in [3.63, 3.8) is 0 Å². The average molecular weight is 333 g/mol. The van der Waals surface area contributed by atoms with Crippen LogP contribution in [0.15, 0.2) is 16.6 Å². The zero-order chi connectivity index (χ0) is 14.6. The van der Waals surface area contributed by atoms with E-state index in [0.717, 1.165) is 6.54 Å². The minimum atomic E-state index is -0.379. The van der Waals surface area contributed by atoms with Crippen molar-refractivity contribution in [3.8, 4) is 5.75 Å². The minimum absolute atomic E-state index is 0.321. The highest BCUT2D eigenvalue weighted by molar-refractivity contribution is 9.10. The molecule has 2 N–H and O–H groups in total. The Morgan fingerprint density at radius 1 is 1.26 bits per heavy atom. The summed E-state index contributed by atoms with van der Waals surface area (Å²) in [5, 5.41) is 0. The Morgan fingerprint density at radius 3 is 2.37 bits per heavy atom. The predicted octanol–water partition coefficient (Wildman–Crippen LogP) is 3.67. The van der Waals surface area contributed by atoms with Crippen LogP contribution in [-0.4, -0.2) is 30.1 Å². The van der Waals surface area contributed by atoms with Crippen LogP contribution in [0.4, 0.5) is 10.1 Å². The number of halogens is 2. The first-order valence-electron chi connectivity index (χ1n) is 6.46. The summed E-state index contributed by atoms with van der Waals surface area (Å²) in [5.41, 5.74) is 6.05. The molecular formula is C14H22BrFN2O. The molecule has 0 heterocycles.